The number of nitrogens with two attached hydrogens (primary N) is 2. The monoisotopic (exact) mass is 1430 g/mol. The first kappa shape index (κ1) is 71.6. The standard InChI is InChI=1S/C9H13N.C8H10N2O2.ClH.H36P34/c1-7(2)8-3-5-9(10)6-4-8;1-6(9)7-2-4-8(5-3-7)10(11)12;;1-19(2)28(20(3)4)32(27(17)18)34(31(25(13)14)26(15)16)33(29(21(5)6)22(7)8)30(23(9)10)24(11)12/h3-7H,10H2,1-2H3;2-6H,9H2,1H3;1H;1-18H2/t;6-;;/m.0../s1. The number of anilines is 1. The van der Waals surface area contributed by atoms with E-state index in [0.29, 0.717) is 5.92 Å². The van der Waals surface area contributed by atoms with Gasteiger partial charge in [-0.25, -0.2) is 0 Å². The zero-order valence-corrected chi connectivity index (χ0v) is 67.1. The normalized spacial score (nSPS) is 13.9. The number of halogens is 1. The van der Waals surface area contributed by atoms with Crippen molar-refractivity contribution >= 4 is 296 Å². The van der Waals surface area contributed by atoms with Crippen LogP contribution in [0.2, 0.25) is 0 Å². The van der Waals surface area contributed by atoms with Gasteiger partial charge in [0.1, 0.15) is 0 Å². The molecule has 4 N–H and O–H groups in total. The van der Waals surface area contributed by atoms with Crippen molar-refractivity contribution in [2.45, 2.75) is 32.7 Å². The van der Waals surface area contributed by atoms with Crippen LogP contribution in [0.4, 0.5) is 11.4 Å². The first-order valence-electron chi connectivity index (χ1n) is 14.8. The second-order valence-corrected chi connectivity index (χ2v) is 149. The third kappa shape index (κ3) is 27.7. The lowest BCUT2D eigenvalue weighted by Crippen LogP contribution is -2.04. The van der Waals surface area contributed by atoms with Crippen LogP contribution < -0.4 is 11.5 Å². The van der Waals surface area contributed by atoms with E-state index in [1.54, 1.807) is 12.1 Å². The number of non-ortho nitro benzene ring substituents is 1. The van der Waals surface area contributed by atoms with Gasteiger partial charge in [-0.05, 0) is 148 Å². The third-order valence-electron chi connectivity index (χ3n) is 6.05. The molecule has 2 aromatic carbocycles. The van der Waals surface area contributed by atoms with Gasteiger partial charge in [0.2, 0.25) is 0 Å². The summed E-state index contributed by atoms with van der Waals surface area (Å²) in [6.45, 7) is 5.41. The lowest BCUT2D eigenvalue weighted by atomic mass is 10.0. The Morgan fingerprint density at radius 1 is 0.456 bits per heavy atom. The highest BCUT2D eigenvalue weighted by atomic mass is 35.5. The maximum absolute atomic E-state index is 10.3. The lowest BCUT2D eigenvalue weighted by Gasteiger charge is -2.54. The summed E-state index contributed by atoms with van der Waals surface area (Å²) in [6.07, 6.45) is 0. The predicted molar refractivity (Wildman–Crippen MR) is 383 cm³/mol. The summed E-state index contributed by atoms with van der Waals surface area (Å²) in [7, 11) is 60.0. The van der Waals surface area contributed by atoms with E-state index in [-0.39, 0.29) is 136 Å². The van der Waals surface area contributed by atoms with Crippen LogP contribution in [-0.2, 0) is 0 Å². The molecule has 0 radical (unpaired) electrons. The van der Waals surface area contributed by atoms with Gasteiger partial charge in [0.05, 0.1) is 4.92 Å². The summed E-state index contributed by atoms with van der Waals surface area (Å²) in [4.78, 5) is 9.83. The maximum Gasteiger partial charge on any atom is 0.269 e. The van der Waals surface area contributed by atoms with E-state index in [4.69, 9.17) is 11.5 Å². The van der Waals surface area contributed by atoms with Crippen LogP contribution in [0.3, 0.4) is 0 Å². The van der Waals surface area contributed by atoms with Crippen molar-refractivity contribution in [2.24, 2.45) is 5.73 Å². The van der Waals surface area contributed by atoms with E-state index in [9.17, 15) is 10.1 Å². The third-order valence-corrected chi connectivity index (χ3v) is 232. The number of nitro groups is 1. The Morgan fingerprint density at radius 2 is 0.702 bits per heavy atom. The molecular formula is C17H60ClN3O2P34. The van der Waals surface area contributed by atoms with Crippen LogP contribution in [0, 0.1) is 10.1 Å². The summed E-state index contributed by atoms with van der Waals surface area (Å²) in [5, 5.41) is 10.3. The predicted octanol–water partition coefficient (Wildman–Crippen LogP) is 24.1. The zero-order chi connectivity index (χ0) is 43.9. The second kappa shape index (κ2) is 39.0. The van der Waals surface area contributed by atoms with E-state index in [2.05, 4.69) is 187 Å². The van der Waals surface area contributed by atoms with E-state index in [0.717, 1.165) is 11.3 Å². The number of rotatable bonds is 18. The van der Waals surface area contributed by atoms with Crippen molar-refractivity contribution in [1.82, 2.24) is 0 Å². The summed E-state index contributed by atoms with van der Waals surface area (Å²) in [6, 6.07) is 14.2. The van der Waals surface area contributed by atoms with Crippen molar-refractivity contribution in [3.05, 3.63) is 69.8 Å². The molecule has 0 bridgehead atoms. The van der Waals surface area contributed by atoms with E-state index < -0.39 is 4.92 Å². The largest absolute Gasteiger partial charge is 0.399 e. The maximum atomic E-state index is 10.3. The zero-order valence-electron chi connectivity index (χ0n) is 31.1. The molecule has 0 saturated carbocycles. The molecule has 0 fully saturated rings. The summed E-state index contributed by atoms with van der Waals surface area (Å²) < 4.78 is 0. The van der Waals surface area contributed by atoms with Gasteiger partial charge in [-0.15, -0.1) is 173 Å². The number of nitro benzene ring substituents is 1. The molecule has 0 saturated heterocycles. The van der Waals surface area contributed by atoms with Crippen molar-refractivity contribution in [3.8, 4) is 0 Å². The van der Waals surface area contributed by atoms with Crippen molar-refractivity contribution in [1.29, 1.82) is 0 Å². The van der Waals surface area contributed by atoms with Crippen LogP contribution in [0.15, 0.2) is 48.5 Å². The molecule has 21 atom stereocenters. The highest BCUT2D eigenvalue weighted by Crippen LogP contribution is 3.40. The van der Waals surface area contributed by atoms with Gasteiger partial charge in [-0.1, -0.05) is 38.1 Å². The molecule has 20 unspecified atom stereocenters. The molecular weight excluding hydrogens is 1370 g/mol. The molecule has 0 heterocycles. The Morgan fingerprint density at radius 3 is 0.930 bits per heavy atom. The van der Waals surface area contributed by atoms with Crippen LogP contribution >= 0.6 is 285 Å². The van der Waals surface area contributed by atoms with Crippen molar-refractivity contribution < 1.29 is 4.92 Å². The fourth-order valence-electron chi connectivity index (χ4n) is 3.68. The van der Waals surface area contributed by atoms with Crippen LogP contribution in [-0.4, -0.2) is 4.92 Å². The van der Waals surface area contributed by atoms with Crippen molar-refractivity contribution in [3.63, 3.8) is 0 Å². The number of nitrogens with zero attached hydrogens (tertiary/aromatic N) is 1. The fourth-order valence-corrected chi connectivity index (χ4v) is 464. The molecule has 0 aliphatic rings. The number of benzene rings is 2. The molecule has 40 heteroatoms. The van der Waals surface area contributed by atoms with Gasteiger partial charge in [0.25, 0.3) is 5.69 Å². The summed E-state index contributed by atoms with van der Waals surface area (Å²) in [5.41, 5.74) is 14.3. The van der Waals surface area contributed by atoms with Gasteiger partial charge in [-0.2, -0.15) is 0 Å². The smallest absolute Gasteiger partial charge is 0.269 e. The average molecular weight is 1430 g/mol. The molecule has 57 heavy (non-hydrogen) atoms. The topological polar surface area (TPSA) is 95.2 Å². The van der Waals surface area contributed by atoms with Crippen LogP contribution in [0.5, 0.6) is 0 Å². The van der Waals surface area contributed by atoms with Crippen LogP contribution in [0.25, 0.3) is 0 Å². The molecule has 0 aliphatic heterocycles. The van der Waals surface area contributed by atoms with E-state index in [1.165, 1.54) is 17.7 Å². The molecule has 2 aromatic rings. The Hall–Kier alpha value is 12.5. The minimum atomic E-state index is -0.426. The second-order valence-electron chi connectivity index (χ2n) is 10.8. The molecule has 0 aliphatic carbocycles. The van der Waals surface area contributed by atoms with Crippen LogP contribution in [0.1, 0.15) is 43.9 Å². The minimum Gasteiger partial charge on any atom is -0.399 e. The van der Waals surface area contributed by atoms with Gasteiger partial charge in [0.15, 0.2) is 0 Å². The molecule has 0 spiro atoms. The average Bonchev–Trinajstić information content (AvgIpc) is 3.05. The molecule has 0 aromatic heterocycles. The first-order valence-corrected chi connectivity index (χ1v) is 76.0. The number of nitrogen functional groups attached to an aromatic ring is 1. The molecule has 332 valence electrons. The van der Waals surface area contributed by atoms with Gasteiger partial charge < -0.3 is 11.5 Å². The Balaban J connectivity index is 0. The Kier molecular flexibility index (Phi) is 48.9. The fraction of sp³-hybridized carbons (Fsp3) is 0.294. The van der Waals surface area contributed by atoms with E-state index in [1.807, 2.05) is 19.1 Å². The summed E-state index contributed by atoms with van der Waals surface area (Å²) in [5.74, 6) is 0.598. The molecule has 5 nitrogen and oxygen atoms in total. The molecule has 0 amide bonds. The SMILES string of the molecule is CC(C)c1ccc(N)cc1.C[C@H](N)c1ccc([N+](=O)[O-])cc1.Cl.PP(P)P(P(P)P)P(P(P)P)P(P(P(P)P)P(P)P)P(P(P(P)P)P(P)P)P(P(P)P)P(P)P. The highest BCUT2D eigenvalue weighted by molar-refractivity contribution is 9.46. The van der Waals surface area contributed by atoms with Crippen molar-refractivity contribution in [2.75, 3.05) is 5.73 Å². The van der Waals surface area contributed by atoms with Gasteiger partial charge >= 0.3 is 0 Å². The Bertz CT molecular complexity index is 1320. The first-order chi connectivity index (χ1) is 25.7. The van der Waals surface area contributed by atoms with Gasteiger partial charge in [0, 0.05) is 23.9 Å². The summed E-state index contributed by atoms with van der Waals surface area (Å²) >= 11 is 0. The number of hydrogen-bond donors (Lipinski definition) is 2. The van der Waals surface area contributed by atoms with Gasteiger partial charge in [-0.3, -0.25) is 10.1 Å². The lowest BCUT2D eigenvalue weighted by molar-refractivity contribution is -0.384. The molecule has 2 rings (SSSR count). The highest BCUT2D eigenvalue weighted by Gasteiger charge is 2.52. The minimum absolute atomic E-state index is 0. The quantitative estimate of drug-likeness (QED) is 0.0673. The van der Waals surface area contributed by atoms with E-state index >= 15 is 0 Å². The number of hydrogen-bond acceptors (Lipinski definition) is 4. The Labute approximate surface area is 410 Å².